The molecule has 1 atom stereocenters. The predicted molar refractivity (Wildman–Crippen MR) is 104 cm³/mol. The fourth-order valence-corrected chi connectivity index (χ4v) is 2.70. The number of ether oxygens (including phenoxy) is 1. The van der Waals surface area contributed by atoms with Crippen LogP contribution in [-0.4, -0.2) is 55.6 Å². The third-order valence-corrected chi connectivity index (χ3v) is 4.17. The van der Waals surface area contributed by atoms with Gasteiger partial charge in [0.2, 0.25) is 5.91 Å². The van der Waals surface area contributed by atoms with Crippen LogP contribution in [0.1, 0.15) is 27.7 Å². The molecule has 0 unspecified atom stereocenters. The van der Waals surface area contributed by atoms with Crippen molar-refractivity contribution in [3.8, 4) is 0 Å². The molecule has 4 amide bonds. The maximum absolute atomic E-state index is 12.8. The van der Waals surface area contributed by atoms with Gasteiger partial charge in [-0.2, -0.15) is 0 Å². The van der Waals surface area contributed by atoms with Gasteiger partial charge in [-0.15, -0.1) is 0 Å². The number of hydrogen-bond donors (Lipinski definition) is 2. The summed E-state index contributed by atoms with van der Waals surface area (Å²) in [5.41, 5.74) is 0.394. The lowest BCUT2D eigenvalue weighted by Gasteiger charge is -2.24. The van der Waals surface area contributed by atoms with Gasteiger partial charge in [0.1, 0.15) is 11.6 Å². The summed E-state index contributed by atoms with van der Waals surface area (Å²) in [7, 11) is 3.07. The molecule has 9 nitrogen and oxygen atoms in total. The zero-order chi connectivity index (χ0) is 21.2. The smallest absolute Gasteiger partial charge is 0.408 e. The molecule has 2 N–H and O–H groups in total. The maximum Gasteiger partial charge on any atom is 0.408 e. The second-order valence-corrected chi connectivity index (χ2v) is 7.59. The number of para-hydroxylation sites is 2. The summed E-state index contributed by atoms with van der Waals surface area (Å²) >= 11 is 0. The van der Waals surface area contributed by atoms with E-state index < -0.39 is 41.5 Å². The molecule has 1 aliphatic heterocycles. The molecule has 1 heterocycles. The van der Waals surface area contributed by atoms with Gasteiger partial charge >= 0.3 is 6.09 Å². The Bertz CT molecular complexity index is 761. The molecule has 152 valence electrons. The van der Waals surface area contributed by atoms with Crippen LogP contribution < -0.4 is 20.4 Å². The number of carbonyl (C=O) groups is 4. The topological polar surface area (TPSA) is 108 Å². The first-order valence-electron chi connectivity index (χ1n) is 8.86. The van der Waals surface area contributed by atoms with Crippen molar-refractivity contribution < 1.29 is 23.9 Å². The number of amides is 4. The van der Waals surface area contributed by atoms with E-state index in [4.69, 9.17) is 4.74 Å². The molecular weight excluding hydrogens is 364 g/mol. The SMILES string of the molecule is C[C@H](NC(=O)OC(C)(C)C)C(=O)NC1C(=O)N(C)c2ccccc2N(C)C1=O. The van der Waals surface area contributed by atoms with Gasteiger partial charge in [0.15, 0.2) is 6.04 Å². The van der Waals surface area contributed by atoms with E-state index in [0.717, 1.165) is 0 Å². The Labute approximate surface area is 164 Å². The number of alkyl carbamates (subject to hydrolysis) is 1. The van der Waals surface area contributed by atoms with Crippen molar-refractivity contribution in [3.05, 3.63) is 24.3 Å². The van der Waals surface area contributed by atoms with Gasteiger partial charge < -0.3 is 25.2 Å². The van der Waals surface area contributed by atoms with Crippen LogP contribution in [-0.2, 0) is 19.1 Å². The molecular formula is C19H26N4O5. The molecule has 0 aliphatic carbocycles. The van der Waals surface area contributed by atoms with Gasteiger partial charge in [-0.1, -0.05) is 12.1 Å². The van der Waals surface area contributed by atoms with Crippen LogP contribution in [0, 0.1) is 0 Å². The van der Waals surface area contributed by atoms with Gasteiger partial charge in [-0.3, -0.25) is 14.4 Å². The third-order valence-electron chi connectivity index (χ3n) is 4.17. The largest absolute Gasteiger partial charge is 0.444 e. The molecule has 0 saturated heterocycles. The lowest BCUT2D eigenvalue weighted by molar-refractivity contribution is -0.134. The normalized spacial score (nSPS) is 16.2. The van der Waals surface area contributed by atoms with Gasteiger partial charge in [-0.05, 0) is 39.8 Å². The van der Waals surface area contributed by atoms with Crippen molar-refractivity contribution in [2.75, 3.05) is 23.9 Å². The van der Waals surface area contributed by atoms with Crippen molar-refractivity contribution >= 4 is 35.2 Å². The lowest BCUT2D eigenvalue weighted by Crippen LogP contribution is -2.58. The second-order valence-electron chi connectivity index (χ2n) is 7.59. The molecule has 9 heteroatoms. The van der Waals surface area contributed by atoms with E-state index in [1.165, 1.54) is 30.8 Å². The van der Waals surface area contributed by atoms with Crippen molar-refractivity contribution in [3.63, 3.8) is 0 Å². The molecule has 28 heavy (non-hydrogen) atoms. The monoisotopic (exact) mass is 390 g/mol. The first-order valence-corrected chi connectivity index (χ1v) is 8.86. The van der Waals surface area contributed by atoms with E-state index in [9.17, 15) is 19.2 Å². The highest BCUT2D eigenvalue weighted by Gasteiger charge is 2.39. The average molecular weight is 390 g/mol. The molecule has 2 rings (SSSR count). The van der Waals surface area contributed by atoms with Crippen LogP contribution in [0.3, 0.4) is 0 Å². The van der Waals surface area contributed by atoms with Gasteiger partial charge in [-0.25, -0.2) is 4.79 Å². The van der Waals surface area contributed by atoms with Gasteiger partial charge in [0.25, 0.3) is 11.8 Å². The van der Waals surface area contributed by atoms with Crippen LogP contribution in [0.5, 0.6) is 0 Å². The minimum atomic E-state index is -1.40. The quantitative estimate of drug-likeness (QED) is 0.750. The zero-order valence-corrected chi connectivity index (χ0v) is 16.9. The Balaban J connectivity index is 2.15. The molecule has 0 spiro atoms. The molecule has 1 aromatic rings. The first kappa shape index (κ1) is 21.2. The number of benzene rings is 1. The number of hydrogen-bond acceptors (Lipinski definition) is 5. The van der Waals surface area contributed by atoms with E-state index in [0.29, 0.717) is 11.4 Å². The highest BCUT2D eigenvalue weighted by Crippen LogP contribution is 2.31. The van der Waals surface area contributed by atoms with Crippen LogP contribution in [0.25, 0.3) is 0 Å². The van der Waals surface area contributed by atoms with Crippen molar-refractivity contribution in [1.82, 2.24) is 10.6 Å². The van der Waals surface area contributed by atoms with Crippen LogP contribution in [0.15, 0.2) is 24.3 Å². The summed E-state index contributed by atoms with van der Waals surface area (Å²) in [4.78, 5) is 52.5. The Hall–Kier alpha value is -3.10. The average Bonchev–Trinajstić information content (AvgIpc) is 2.66. The fraction of sp³-hybridized carbons (Fsp3) is 0.474. The van der Waals surface area contributed by atoms with E-state index in [-0.39, 0.29) is 0 Å². The summed E-state index contributed by atoms with van der Waals surface area (Å²) < 4.78 is 5.11. The van der Waals surface area contributed by atoms with E-state index in [1.807, 2.05) is 0 Å². The Morgan fingerprint density at radius 3 is 1.93 bits per heavy atom. The predicted octanol–water partition coefficient (Wildman–Crippen LogP) is 1.02. The summed E-state index contributed by atoms with van der Waals surface area (Å²) in [6.07, 6.45) is -0.768. The Morgan fingerprint density at radius 2 is 1.50 bits per heavy atom. The standard InChI is InChI=1S/C19H26N4O5/c1-11(20-18(27)28-19(2,3)4)15(24)21-14-16(25)22(5)12-9-7-8-10-13(12)23(6)17(14)26/h7-11,14H,1-6H3,(H,20,27)(H,21,24)/t11-/m0/s1. The molecule has 0 aromatic heterocycles. The van der Waals surface area contributed by atoms with Crippen molar-refractivity contribution in [2.45, 2.75) is 45.4 Å². The molecule has 1 aliphatic rings. The van der Waals surface area contributed by atoms with Crippen LogP contribution in [0.4, 0.5) is 16.2 Å². The summed E-state index contributed by atoms with van der Waals surface area (Å²) in [6, 6.07) is 4.54. The molecule has 0 saturated carbocycles. The minimum Gasteiger partial charge on any atom is -0.444 e. The minimum absolute atomic E-state index is 0.556. The molecule has 0 radical (unpaired) electrons. The number of likely N-dealkylation sites (N-methyl/N-ethyl adjacent to an activating group) is 2. The highest BCUT2D eigenvalue weighted by molar-refractivity contribution is 6.21. The van der Waals surface area contributed by atoms with Crippen molar-refractivity contribution in [1.29, 1.82) is 0 Å². The number of carbonyl (C=O) groups excluding carboxylic acids is 4. The maximum atomic E-state index is 12.8. The Morgan fingerprint density at radius 1 is 1.04 bits per heavy atom. The second kappa shape index (κ2) is 7.87. The third kappa shape index (κ3) is 4.59. The molecule has 0 fully saturated rings. The highest BCUT2D eigenvalue weighted by atomic mass is 16.6. The number of rotatable bonds is 3. The number of fused-ring (bicyclic) bond motifs is 1. The summed E-state index contributed by atoms with van der Waals surface area (Å²) in [5, 5.41) is 4.82. The summed E-state index contributed by atoms with van der Waals surface area (Å²) in [6.45, 7) is 6.53. The van der Waals surface area contributed by atoms with Crippen LogP contribution in [0.2, 0.25) is 0 Å². The zero-order valence-electron chi connectivity index (χ0n) is 16.9. The first-order chi connectivity index (χ1) is 12.9. The fourth-order valence-electron chi connectivity index (χ4n) is 2.70. The van der Waals surface area contributed by atoms with Gasteiger partial charge in [0.05, 0.1) is 11.4 Å². The van der Waals surface area contributed by atoms with Crippen LogP contribution >= 0.6 is 0 Å². The summed E-state index contributed by atoms with van der Waals surface area (Å²) in [5.74, 6) is -1.82. The van der Waals surface area contributed by atoms with Gasteiger partial charge in [0, 0.05) is 14.1 Å². The van der Waals surface area contributed by atoms with Crippen molar-refractivity contribution in [2.24, 2.45) is 0 Å². The van der Waals surface area contributed by atoms with E-state index >= 15 is 0 Å². The molecule has 1 aromatic carbocycles. The van der Waals surface area contributed by atoms with E-state index in [1.54, 1.807) is 45.0 Å². The number of nitrogens with zero attached hydrogens (tertiary/aromatic N) is 2. The number of nitrogens with one attached hydrogen (secondary N) is 2. The lowest BCUT2D eigenvalue weighted by atomic mass is 10.2. The Kier molecular flexibility index (Phi) is 5.96. The molecule has 0 bridgehead atoms. The van der Waals surface area contributed by atoms with E-state index in [2.05, 4.69) is 10.6 Å². The number of anilines is 2.